The van der Waals surface area contributed by atoms with Gasteiger partial charge in [0.25, 0.3) is 0 Å². The Hall–Kier alpha value is -2.99. The van der Waals surface area contributed by atoms with Crippen molar-refractivity contribution in [3.63, 3.8) is 0 Å². The van der Waals surface area contributed by atoms with Crippen LogP contribution in [0.1, 0.15) is 49.3 Å². The van der Waals surface area contributed by atoms with E-state index in [4.69, 9.17) is 4.74 Å². The highest BCUT2D eigenvalue weighted by atomic mass is 32.1. The summed E-state index contributed by atoms with van der Waals surface area (Å²) in [4.78, 5) is 30.5. The van der Waals surface area contributed by atoms with Crippen LogP contribution < -0.4 is 4.90 Å². The lowest BCUT2D eigenvalue weighted by molar-refractivity contribution is -0.115. The smallest absolute Gasteiger partial charge is 0.338 e. The van der Waals surface area contributed by atoms with Crippen molar-refractivity contribution in [1.82, 2.24) is 4.98 Å². The van der Waals surface area contributed by atoms with Crippen LogP contribution in [0, 0.1) is 0 Å². The molecule has 3 rings (SSSR count). The zero-order valence-electron chi connectivity index (χ0n) is 17.0. The quantitative estimate of drug-likeness (QED) is 0.524. The lowest BCUT2D eigenvalue weighted by Crippen LogP contribution is -2.22. The number of amides is 1. The van der Waals surface area contributed by atoms with Crippen LogP contribution in [0.4, 0.5) is 10.8 Å². The fraction of sp³-hybridized carbons (Fsp3) is 0.261. The third-order valence-corrected chi connectivity index (χ3v) is 5.27. The minimum absolute atomic E-state index is 0.0285. The molecule has 3 aromatic rings. The first-order valence-corrected chi connectivity index (χ1v) is 10.2. The molecule has 0 aliphatic rings. The highest BCUT2D eigenvalue weighted by Gasteiger charge is 2.19. The molecule has 0 N–H and O–H groups in total. The summed E-state index contributed by atoms with van der Waals surface area (Å²) in [7, 11) is 0. The SMILES string of the molecule is CC(=O)N(c1ccccc1)c1nc(COC(=O)c2ccc(C(C)(C)C)cc2)cs1. The Bertz CT molecular complexity index is 989. The van der Waals surface area contributed by atoms with E-state index in [0.29, 0.717) is 16.4 Å². The topological polar surface area (TPSA) is 59.5 Å². The number of hydrogen-bond donors (Lipinski definition) is 0. The zero-order valence-corrected chi connectivity index (χ0v) is 17.8. The number of esters is 1. The molecular weight excluding hydrogens is 384 g/mol. The van der Waals surface area contributed by atoms with Gasteiger partial charge in [-0.3, -0.25) is 9.69 Å². The maximum absolute atomic E-state index is 12.3. The lowest BCUT2D eigenvalue weighted by Gasteiger charge is -2.18. The molecule has 0 saturated heterocycles. The second-order valence-electron chi connectivity index (χ2n) is 7.71. The van der Waals surface area contributed by atoms with E-state index in [2.05, 4.69) is 25.8 Å². The molecule has 1 heterocycles. The molecule has 0 unspecified atom stereocenters. The van der Waals surface area contributed by atoms with E-state index in [1.54, 1.807) is 22.4 Å². The average Bonchev–Trinajstić information content (AvgIpc) is 3.14. The molecule has 0 bridgehead atoms. The average molecular weight is 409 g/mol. The Labute approximate surface area is 175 Å². The van der Waals surface area contributed by atoms with E-state index < -0.39 is 5.97 Å². The van der Waals surface area contributed by atoms with Crippen molar-refractivity contribution in [1.29, 1.82) is 0 Å². The third kappa shape index (κ3) is 5.09. The number of aromatic nitrogens is 1. The maximum atomic E-state index is 12.3. The fourth-order valence-electron chi connectivity index (χ4n) is 2.80. The van der Waals surface area contributed by atoms with Crippen molar-refractivity contribution in [2.24, 2.45) is 0 Å². The molecule has 0 aliphatic carbocycles. The second-order valence-corrected chi connectivity index (χ2v) is 8.55. The minimum Gasteiger partial charge on any atom is -0.456 e. The molecule has 6 heteroatoms. The van der Waals surface area contributed by atoms with Crippen LogP contribution in [0.2, 0.25) is 0 Å². The molecule has 0 aliphatic heterocycles. The molecule has 0 saturated carbocycles. The van der Waals surface area contributed by atoms with Crippen molar-refractivity contribution in [3.05, 3.63) is 76.8 Å². The van der Waals surface area contributed by atoms with Gasteiger partial charge in [0, 0.05) is 12.3 Å². The van der Waals surface area contributed by atoms with Gasteiger partial charge in [-0.05, 0) is 35.2 Å². The van der Waals surface area contributed by atoms with Crippen LogP contribution >= 0.6 is 11.3 Å². The van der Waals surface area contributed by atoms with Crippen LogP contribution in [0.25, 0.3) is 0 Å². The molecule has 0 radical (unpaired) electrons. The number of hydrogen-bond acceptors (Lipinski definition) is 5. The summed E-state index contributed by atoms with van der Waals surface area (Å²) in [6.45, 7) is 7.92. The van der Waals surface area contributed by atoms with Gasteiger partial charge in [0.2, 0.25) is 5.91 Å². The van der Waals surface area contributed by atoms with Gasteiger partial charge in [0.1, 0.15) is 6.61 Å². The molecule has 29 heavy (non-hydrogen) atoms. The Morgan fingerprint density at radius 1 is 1.03 bits per heavy atom. The van der Waals surface area contributed by atoms with Crippen molar-refractivity contribution < 1.29 is 14.3 Å². The number of carbonyl (C=O) groups is 2. The Morgan fingerprint density at radius 3 is 2.28 bits per heavy atom. The van der Waals surface area contributed by atoms with Crippen molar-refractivity contribution in [2.45, 2.75) is 39.7 Å². The van der Waals surface area contributed by atoms with Gasteiger partial charge in [-0.2, -0.15) is 0 Å². The number of carbonyl (C=O) groups excluding carboxylic acids is 2. The van der Waals surface area contributed by atoms with Crippen LogP contribution in [0.15, 0.2) is 60.0 Å². The predicted molar refractivity (Wildman–Crippen MR) is 116 cm³/mol. The molecule has 5 nitrogen and oxygen atoms in total. The van der Waals surface area contributed by atoms with Gasteiger partial charge in [-0.1, -0.05) is 51.1 Å². The largest absolute Gasteiger partial charge is 0.456 e. The number of para-hydroxylation sites is 1. The van der Waals surface area contributed by atoms with Gasteiger partial charge in [-0.25, -0.2) is 9.78 Å². The number of rotatable bonds is 5. The summed E-state index contributed by atoms with van der Waals surface area (Å²) in [5.74, 6) is -0.528. The predicted octanol–water partition coefficient (Wildman–Crippen LogP) is 5.48. The van der Waals surface area contributed by atoms with Gasteiger partial charge in [-0.15, -0.1) is 11.3 Å². The standard InChI is InChI=1S/C23H24N2O3S/c1-16(26)25(20-8-6-5-7-9-20)22-24-19(15-29-22)14-28-21(27)17-10-12-18(13-11-17)23(2,3)4/h5-13,15H,14H2,1-4H3. The first-order chi connectivity index (χ1) is 13.8. The summed E-state index contributed by atoms with van der Waals surface area (Å²) in [5, 5.41) is 2.34. The Kier molecular flexibility index (Phi) is 6.13. The second kappa shape index (κ2) is 8.57. The normalized spacial score (nSPS) is 11.2. The number of ether oxygens (including phenoxy) is 1. The van der Waals surface area contributed by atoms with Gasteiger partial charge in [0.05, 0.1) is 16.9 Å². The summed E-state index contributed by atoms with van der Waals surface area (Å²) in [5.41, 5.74) is 3.04. The summed E-state index contributed by atoms with van der Waals surface area (Å²) < 4.78 is 5.40. The molecule has 1 aromatic heterocycles. The lowest BCUT2D eigenvalue weighted by atomic mass is 9.87. The number of anilines is 2. The van der Waals surface area contributed by atoms with Crippen LogP contribution in [-0.4, -0.2) is 16.9 Å². The van der Waals surface area contributed by atoms with Gasteiger partial charge < -0.3 is 4.74 Å². The molecule has 0 fully saturated rings. The third-order valence-electron chi connectivity index (χ3n) is 4.40. The Balaban J connectivity index is 1.67. The van der Waals surface area contributed by atoms with Gasteiger partial charge >= 0.3 is 5.97 Å². The summed E-state index contributed by atoms with van der Waals surface area (Å²) >= 11 is 1.34. The highest BCUT2D eigenvalue weighted by molar-refractivity contribution is 7.14. The fourth-order valence-corrected chi connectivity index (χ4v) is 3.67. The Morgan fingerprint density at radius 2 is 1.69 bits per heavy atom. The van der Waals surface area contributed by atoms with Crippen LogP contribution in [0.3, 0.4) is 0 Å². The molecule has 1 amide bonds. The molecule has 2 aromatic carbocycles. The van der Waals surface area contributed by atoms with Crippen molar-refractivity contribution in [3.8, 4) is 0 Å². The van der Waals surface area contributed by atoms with E-state index in [9.17, 15) is 9.59 Å². The van der Waals surface area contributed by atoms with E-state index in [1.165, 1.54) is 18.3 Å². The summed E-state index contributed by atoms with van der Waals surface area (Å²) in [6.07, 6.45) is 0. The molecular formula is C23H24N2O3S. The number of nitrogens with zero attached hydrogens (tertiary/aromatic N) is 2. The number of benzene rings is 2. The molecule has 0 atom stereocenters. The van der Waals surface area contributed by atoms with E-state index in [0.717, 1.165) is 11.3 Å². The van der Waals surface area contributed by atoms with Crippen molar-refractivity contribution >= 4 is 34.0 Å². The molecule has 150 valence electrons. The highest BCUT2D eigenvalue weighted by Crippen LogP contribution is 2.29. The van der Waals surface area contributed by atoms with Gasteiger partial charge in [0.15, 0.2) is 5.13 Å². The van der Waals surface area contributed by atoms with E-state index in [1.807, 2.05) is 42.5 Å². The number of thiazole rings is 1. The van der Waals surface area contributed by atoms with E-state index in [-0.39, 0.29) is 17.9 Å². The zero-order chi connectivity index (χ0) is 21.0. The van der Waals surface area contributed by atoms with Crippen LogP contribution in [0.5, 0.6) is 0 Å². The monoisotopic (exact) mass is 408 g/mol. The molecule has 0 spiro atoms. The first-order valence-electron chi connectivity index (χ1n) is 9.33. The summed E-state index contributed by atoms with van der Waals surface area (Å²) in [6, 6.07) is 16.8. The van der Waals surface area contributed by atoms with Crippen LogP contribution in [-0.2, 0) is 21.6 Å². The van der Waals surface area contributed by atoms with Crippen molar-refractivity contribution in [2.75, 3.05) is 4.90 Å². The minimum atomic E-state index is -0.397. The maximum Gasteiger partial charge on any atom is 0.338 e. The van der Waals surface area contributed by atoms with E-state index >= 15 is 0 Å². The first kappa shape index (κ1) is 20.7.